The van der Waals surface area contributed by atoms with E-state index in [9.17, 15) is 0 Å². The summed E-state index contributed by atoms with van der Waals surface area (Å²) in [5, 5.41) is 8.98. The molecule has 1 aromatic heterocycles. The van der Waals surface area contributed by atoms with Gasteiger partial charge in [0.2, 0.25) is 5.88 Å². The SMILES string of the molecule is Nc1c(Cl)ncnc1Oc1ccc(CCO)cc1. The maximum Gasteiger partial charge on any atom is 0.247 e. The van der Waals surface area contributed by atoms with Crippen LogP contribution in [0, 0.1) is 0 Å². The number of nitrogens with zero attached hydrogens (tertiary/aromatic N) is 2. The van der Waals surface area contributed by atoms with E-state index in [2.05, 4.69) is 9.97 Å². The molecule has 0 aliphatic carbocycles. The molecular weight excluding hydrogens is 254 g/mol. The van der Waals surface area contributed by atoms with Crippen molar-refractivity contribution in [2.45, 2.75) is 6.42 Å². The second-order valence-corrected chi connectivity index (χ2v) is 3.96. The van der Waals surface area contributed by atoms with Gasteiger partial charge in [-0.1, -0.05) is 23.7 Å². The van der Waals surface area contributed by atoms with Gasteiger partial charge >= 0.3 is 0 Å². The van der Waals surface area contributed by atoms with Crippen LogP contribution in [0.3, 0.4) is 0 Å². The number of aliphatic hydroxyl groups is 1. The van der Waals surface area contributed by atoms with Gasteiger partial charge in [-0.05, 0) is 24.1 Å². The zero-order valence-corrected chi connectivity index (χ0v) is 10.3. The van der Waals surface area contributed by atoms with Gasteiger partial charge in [0.05, 0.1) is 0 Å². The Kier molecular flexibility index (Phi) is 3.96. The first-order valence-electron chi connectivity index (χ1n) is 5.34. The molecule has 0 amide bonds. The van der Waals surface area contributed by atoms with Crippen LogP contribution in [0.5, 0.6) is 11.6 Å². The highest BCUT2D eigenvalue weighted by atomic mass is 35.5. The van der Waals surface area contributed by atoms with E-state index >= 15 is 0 Å². The lowest BCUT2D eigenvalue weighted by Crippen LogP contribution is -1.97. The van der Waals surface area contributed by atoms with Gasteiger partial charge in [0.1, 0.15) is 17.8 Å². The number of ether oxygens (including phenoxy) is 1. The van der Waals surface area contributed by atoms with Crippen LogP contribution in [0.15, 0.2) is 30.6 Å². The molecule has 0 fully saturated rings. The molecule has 1 aromatic carbocycles. The van der Waals surface area contributed by atoms with Crippen molar-refractivity contribution < 1.29 is 9.84 Å². The first kappa shape index (κ1) is 12.6. The summed E-state index contributed by atoms with van der Waals surface area (Å²) < 4.78 is 5.50. The van der Waals surface area contributed by atoms with E-state index in [0.29, 0.717) is 12.2 Å². The molecule has 2 aromatic rings. The Balaban J connectivity index is 2.16. The summed E-state index contributed by atoms with van der Waals surface area (Å²) in [6, 6.07) is 7.29. The van der Waals surface area contributed by atoms with Gasteiger partial charge in [-0.2, -0.15) is 4.98 Å². The molecule has 0 atom stereocenters. The van der Waals surface area contributed by atoms with Gasteiger partial charge in [0.25, 0.3) is 0 Å². The number of nitrogens with two attached hydrogens (primary N) is 1. The Labute approximate surface area is 109 Å². The summed E-state index contributed by atoms with van der Waals surface area (Å²) in [5.41, 5.74) is 6.93. The summed E-state index contributed by atoms with van der Waals surface area (Å²) in [4.78, 5) is 7.65. The minimum absolute atomic E-state index is 0.120. The van der Waals surface area contributed by atoms with Crippen LogP contribution < -0.4 is 10.5 Å². The molecule has 5 nitrogen and oxygen atoms in total. The Morgan fingerprint density at radius 2 is 1.94 bits per heavy atom. The fourth-order valence-electron chi connectivity index (χ4n) is 1.41. The zero-order chi connectivity index (χ0) is 13.0. The molecule has 3 N–H and O–H groups in total. The molecule has 0 aliphatic rings. The van der Waals surface area contributed by atoms with Gasteiger partial charge in [-0.25, -0.2) is 4.98 Å². The van der Waals surface area contributed by atoms with Crippen molar-refractivity contribution in [2.24, 2.45) is 0 Å². The molecule has 0 unspecified atom stereocenters. The van der Waals surface area contributed by atoms with Crippen LogP contribution in [0.1, 0.15) is 5.56 Å². The molecule has 0 bridgehead atoms. The van der Waals surface area contributed by atoms with Crippen molar-refractivity contribution in [3.8, 4) is 11.6 Å². The van der Waals surface area contributed by atoms with Crippen LogP contribution in [0.4, 0.5) is 5.69 Å². The number of rotatable bonds is 4. The van der Waals surface area contributed by atoms with E-state index in [-0.39, 0.29) is 23.3 Å². The number of hydrogen-bond donors (Lipinski definition) is 2. The normalized spacial score (nSPS) is 10.3. The fraction of sp³-hybridized carbons (Fsp3) is 0.167. The summed E-state index contributed by atoms with van der Waals surface area (Å²) in [5.74, 6) is 0.822. The van der Waals surface area contributed by atoms with E-state index in [0.717, 1.165) is 5.56 Å². The number of hydrogen-bond acceptors (Lipinski definition) is 5. The van der Waals surface area contributed by atoms with Gasteiger partial charge < -0.3 is 15.6 Å². The Hall–Kier alpha value is -1.85. The third-order valence-corrected chi connectivity index (χ3v) is 2.64. The summed E-state index contributed by atoms with van der Waals surface area (Å²) in [6.45, 7) is 0.120. The Morgan fingerprint density at radius 1 is 1.22 bits per heavy atom. The average Bonchev–Trinajstić information content (AvgIpc) is 2.38. The standard InChI is InChI=1S/C12H12ClN3O2/c13-11-10(14)12(16-7-15-11)18-9-3-1-8(2-4-9)5-6-17/h1-4,7,17H,5-6,14H2. The van der Waals surface area contributed by atoms with Crippen LogP contribution in [-0.4, -0.2) is 21.7 Å². The third-order valence-electron chi connectivity index (χ3n) is 2.34. The number of anilines is 1. The van der Waals surface area contributed by atoms with Crippen LogP contribution in [0.25, 0.3) is 0 Å². The molecule has 1 heterocycles. The minimum atomic E-state index is 0.120. The van der Waals surface area contributed by atoms with Crippen LogP contribution in [0.2, 0.25) is 5.15 Å². The maximum atomic E-state index is 8.81. The van der Waals surface area contributed by atoms with Crippen molar-refractivity contribution in [2.75, 3.05) is 12.3 Å². The molecule has 0 radical (unpaired) electrons. The molecule has 0 saturated carbocycles. The molecule has 0 aliphatic heterocycles. The topological polar surface area (TPSA) is 81.3 Å². The molecule has 2 rings (SSSR count). The monoisotopic (exact) mass is 265 g/mol. The highest BCUT2D eigenvalue weighted by Crippen LogP contribution is 2.28. The second kappa shape index (κ2) is 5.66. The van der Waals surface area contributed by atoms with E-state index in [4.69, 9.17) is 27.2 Å². The van der Waals surface area contributed by atoms with Crippen molar-refractivity contribution in [3.63, 3.8) is 0 Å². The third kappa shape index (κ3) is 2.88. The van der Waals surface area contributed by atoms with E-state index in [1.165, 1.54) is 6.33 Å². The summed E-state index contributed by atoms with van der Waals surface area (Å²) in [6.07, 6.45) is 1.90. The minimum Gasteiger partial charge on any atom is -0.437 e. The average molecular weight is 266 g/mol. The van der Waals surface area contributed by atoms with E-state index < -0.39 is 0 Å². The lowest BCUT2D eigenvalue weighted by atomic mass is 10.1. The van der Waals surface area contributed by atoms with Crippen molar-refractivity contribution in [1.29, 1.82) is 0 Å². The van der Waals surface area contributed by atoms with Crippen LogP contribution in [-0.2, 0) is 6.42 Å². The quantitative estimate of drug-likeness (QED) is 0.827. The first-order valence-corrected chi connectivity index (χ1v) is 5.72. The van der Waals surface area contributed by atoms with Gasteiger partial charge in [0.15, 0.2) is 5.15 Å². The number of halogens is 1. The largest absolute Gasteiger partial charge is 0.437 e. The van der Waals surface area contributed by atoms with Crippen molar-refractivity contribution >= 4 is 17.3 Å². The maximum absolute atomic E-state index is 8.81. The molecular formula is C12H12ClN3O2. The Morgan fingerprint density at radius 3 is 2.61 bits per heavy atom. The van der Waals surface area contributed by atoms with E-state index in [1.54, 1.807) is 12.1 Å². The Bertz CT molecular complexity index is 531. The summed E-state index contributed by atoms with van der Waals surface area (Å²) in [7, 11) is 0. The van der Waals surface area contributed by atoms with Crippen molar-refractivity contribution in [1.82, 2.24) is 9.97 Å². The van der Waals surface area contributed by atoms with Crippen LogP contribution >= 0.6 is 11.6 Å². The lowest BCUT2D eigenvalue weighted by Gasteiger charge is -2.08. The van der Waals surface area contributed by atoms with Gasteiger partial charge in [-0.15, -0.1) is 0 Å². The van der Waals surface area contributed by atoms with E-state index in [1.807, 2.05) is 12.1 Å². The number of nitrogen functional groups attached to an aromatic ring is 1. The number of aliphatic hydroxyl groups excluding tert-OH is 1. The molecule has 18 heavy (non-hydrogen) atoms. The molecule has 6 heteroatoms. The van der Waals surface area contributed by atoms with Gasteiger partial charge in [0, 0.05) is 6.61 Å². The highest BCUT2D eigenvalue weighted by Gasteiger charge is 2.08. The predicted octanol–water partition coefficient (Wildman–Crippen LogP) is 2.04. The summed E-state index contributed by atoms with van der Waals surface area (Å²) >= 11 is 5.76. The molecule has 94 valence electrons. The number of benzene rings is 1. The highest BCUT2D eigenvalue weighted by molar-refractivity contribution is 6.32. The van der Waals surface area contributed by atoms with Crippen molar-refractivity contribution in [3.05, 3.63) is 41.3 Å². The first-order chi connectivity index (χ1) is 8.70. The predicted molar refractivity (Wildman–Crippen MR) is 68.8 cm³/mol. The molecule has 0 spiro atoms. The zero-order valence-electron chi connectivity index (χ0n) is 9.51. The fourth-order valence-corrected chi connectivity index (χ4v) is 1.53. The second-order valence-electron chi connectivity index (χ2n) is 3.60. The van der Waals surface area contributed by atoms with Gasteiger partial charge in [-0.3, -0.25) is 0 Å². The molecule has 0 saturated heterocycles. The number of aromatic nitrogens is 2. The smallest absolute Gasteiger partial charge is 0.247 e. The lowest BCUT2D eigenvalue weighted by molar-refractivity contribution is 0.299.